The molecule has 2 aliphatic carbocycles. The van der Waals surface area contributed by atoms with Gasteiger partial charge in [-0.05, 0) is 50.4 Å². The van der Waals surface area contributed by atoms with Crippen molar-refractivity contribution in [3.63, 3.8) is 0 Å². The second-order valence-electron chi connectivity index (χ2n) is 6.71. The lowest BCUT2D eigenvalue weighted by atomic mass is 9.83. The molecule has 102 valence electrons. The van der Waals surface area contributed by atoms with Crippen molar-refractivity contribution in [2.24, 2.45) is 17.6 Å². The first kappa shape index (κ1) is 12.5. The van der Waals surface area contributed by atoms with E-state index in [1.54, 1.807) is 0 Å². The van der Waals surface area contributed by atoms with E-state index in [9.17, 15) is 4.79 Å². The zero-order valence-electron chi connectivity index (χ0n) is 11.3. The Labute approximate surface area is 110 Å². The van der Waals surface area contributed by atoms with Crippen LogP contribution in [0.15, 0.2) is 0 Å². The standard InChI is InChI=1S/C15H26N2O/c16-13-3-1-2-11(8-13)5-7-15(18)17-10-12-4-6-14(17)9-12/h11-14H,1-10,16H2. The van der Waals surface area contributed by atoms with Gasteiger partial charge in [0.15, 0.2) is 0 Å². The molecule has 2 saturated carbocycles. The second-order valence-corrected chi connectivity index (χ2v) is 6.71. The Kier molecular flexibility index (Phi) is 3.60. The average Bonchev–Trinajstić information content (AvgIpc) is 2.98. The molecule has 0 aromatic rings. The minimum atomic E-state index is 0.390. The summed E-state index contributed by atoms with van der Waals surface area (Å²) in [5, 5.41) is 0. The smallest absolute Gasteiger partial charge is 0.222 e. The van der Waals surface area contributed by atoms with Crippen LogP contribution in [0, 0.1) is 11.8 Å². The van der Waals surface area contributed by atoms with E-state index in [0.29, 0.717) is 23.9 Å². The van der Waals surface area contributed by atoms with E-state index in [2.05, 4.69) is 4.90 Å². The molecule has 4 atom stereocenters. The van der Waals surface area contributed by atoms with Crippen LogP contribution in [0.3, 0.4) is 0 Å². The van der Waals surface area contributed by atoms with Crippen molar-refractivity contribution in [2.45, 2.75) is 69.9 Å². The number of hydrogen-bond acceptors (Lipinski definition) is 2. The molecule has 0 aromatic heterocycles. The van der Waals surface area contributed by atoms with E-state index >= 15 is 0 Å². The summed E-state index contributed by atoms with van der Waals surface area (Å²) in [7, 11) is 0. The van der Waals surface area contributed by atoms with Gasteiger partial charge in [-0.1, -0.05) is 12.8 Å². The zero-order chi connectivity index (χ0) is 12.5. The summed E-state index contributed by atoms with van der Waals surface area (Å²) in [6.45, 7) is 1.05. The Hall–Kier alpha value is -0.570. The first-order valence-corrected chi connectivity index (χ1v) is 7.77. The molecule has 1 saturated heterocycles. The van der Waals surface area contributed by atoms with E-state index in [0.717, 1.165) is 31.7 Å². The fourth-order valence-electron chi connectivity index (χ4n) is 4.30. The maximum Gasteiger partial charge on any atom is 0.222 e. The van der Waals surface area contributed by atoms with Crippen LogP contribution in [0.1, 0.15) is 57.8 Å². The number of carbonyl (C=O) groups is 1. The Morgan fingerprint density at radius 2 is 2.06 bits per heavy atom. The number of nitrogens with two attached hydrogens (primary N) is 1. The first-order chi connectivity index (χ1) is 8.72. The van der Waals surface area contributed by atoms with Crippen LogP contribution >= 0.6 is 0 Å². The summed E-state index contributed by atoms with van der Waals surface area (Å²) < 4.78 is 0. The van der Waals surface area contributed by atoms with Crippen molar-refractivity contribution < 1.29 is 4.79 Å². The molecule has 2 bridgehead atoms. The van der Waals surface area contributed by atoms with Crippen LogP contribution in [0.25, 0.3) is 0 Å². The Morgan fingerprint density at radius 3 is 2.72 bits per heavy atom. The van der Waals surface area contributed by atoms with Crippen LogP contribution < -0.4 is 5.73 Å². The first-order valence-electron chi connectivity index (χ1n) is 7.77. The van der Waals surface area contributed by atoms with E-state index < -0.39 is 0 Å². The lowest BCUT2D eigenvalue weighted by Crippen LogP contribution is -2.38. The molecular weight excluding hydrogens is 224 g/mol. The van der Waals surface area contributed by atoms with Crippen LogP contribution in [-0.4, -0.2) is 29.4 Å². The Balaban J connectivity index is 1.44. The highest BCUT2D eigenvalue weighted by Gasteiger charge is 2.39. The molecule has 3 nitrogen and oxygen atoms in total. The normalized spacial score (nSPS) is 39.3. The molecular formula is C15H26N2O. The van der Waals surface area contributed by atoms with Gasteiger partial charge in [0.1, 0.15) is 0 Å². The summed E-state index contributed by atoms with van der Waals surface area (Å²) in [5.41, 5.74) is 6.01. The largest absolute Gasteiger partial charge is 0.339 e. The molecule has 0 aromatic carbocycles. The molecule has 0 radical (unpaired) electrons. The molecule has 3 heteroatoms. The summed E-state index contributed by atoms with van der Waals surface area (Å²) in [6.07, 6.45) is 10.6. The SMILES string of the molecule is NC1CCCC(CCC(=O)N2CC3CCC2C3)C1. The lowest BCUT2D eigenvalue weighted by molar-refractivity contribution is -0.133. The number of likely N-dealkylation sites (tertiary alicyclic amines) is 1. The number of rotatable bonds is 3. The van der Waals surface area contributed by atoms with Crippen LogP contribution in [0.2, 0.25) is 0 Å². The van der Waals surface area contributed by atoms with E-state index in [-0.39, 0.29) is 0 Å². The van der Waals surface area contributed by atoms with Gasteiger partial charge in [0.25, 0.3) is 0 Å². The predicted molar refractivity (Wildman–Crippen MR) is 72.0 cm³/mol. The lowest BCUT2D eigenvalue weighted by Gasteiger charge is -2.29. The van der Waals surface area contributed by atoms with Crippen molar-refractivity contribution in [3.8, 4) is 0 Å². The zero-order valence-corrected chi connectivity index (χ0v) is 11.3. The van der Waals surface area contributed by atoms with E-state index in [4.69, 9.17) is 5.73 Å². The number of nitrogens with zero attached hydrogens (tertiary/aromatic N) is 1. The van der Waals surface area contributed by atoms with Crippen molar-refractivity contribution in [3.05, 3.63) is 0 Å². The third-order valence-electron chi connectivity index (χ3n) is 5.32. The third kappa shape index (κ3) is 2.56. The number of carbonyl (C=O) groups excluding carboxylic acids is 1. The van der Waals surface area contributed by atoms with Gasteiger partial charge in [-0.15, -0.1) is 0 Å². The summed E-state index contributed by atoms with van der Waals surface area (Å²) in [4.78, 5) is 14.4. The van der Waals surface area contributed by atoms with Gasteiger partial charge < -0.3 is 10.6 Å². The molecule has 3 aliphatic rings. The van der Waals surface area contributed by atoms with Crippen molar-refractivity contribution in [1.82, 2.24) is 4.90 Å². The molecule has 0 spiro atoms. The van der Waals surface area contributed by atoms with Gasteiger partial charge in [-0.3, -0.25) is 4.79 Å². The quantitative estimate of drug-likeness (QED) is 0.835. The maximum absolute atomic E-state index is 12.3. The maximum atomic E-state index is 12.3. The Bertz CT molecular complexity index is 318. The van der Waals surface area contributed by atoms with Crippen molar-refractivity contribution >= 4 is 5.91 Å². The minimum Gasteiger partial charge on any atom is -0.339 e. The number of piperidine rings is 1. The molecule has 1 amide bonds. The highest BCUT2D eigenvalue weighted by molar-refractivity contribution is 5.77. The number of amides is 1. The van der Waals surface area contributed by atoms with Gasteiger partial charge in [0.2, 0.25) is 5.91 Å². The van der Waals surface area contributed by atoms with Gasteiger partial charge in [0, 0.05) is 25.0 Å². The topological polar surface area (TPSA) is 46.3 Å². The van der Waals surface area contributed by atoms with Crippen molar-refractivity contribution in [1.29, 1.82) is 0 Å². The van der Waals surface area contributed by atoms with Crippen LogP contribution in [-0.2, 0) is 4.79 Å². The van der Waals surface area contributed by atoms with Gasteiger partial charge in [-0.2, -0.15) is 0 Å². The van der Waals surface area contributed by atoms with Gasteiger partial charge in [-0.25, -0.2) is 0 Å². The van der Waals surface area contributed by atoms with Crippen molar-refractivity contribution in [2.75, 3.05) is 6.54 Å². The number of hydrogen-bond donors (Lipinski definition) is 1. The molecule has 4 unspecified atom stereocenters. The minimum absolute atomic E-state index is 0.390. The van der Waals surface area contributed by atoms with Gasteiger partial charge >= 0.3 is 0 Å². The van der Waals surface area contributed by atoms with Gasteiger partial charge in [0.05, 0.1) is 0 Å². The average molecular weight is 250 g/mol. The fourth-order valence-corrected chi connectivity index (χ4v) is 4.30. The van der Waals surface area contributed by atoms with E-state index in [1.807, 2.05) is 0 Å². The second kappa shape index (κ2) is 5.20. The number of fused-ring (bicyclic) bond motifs is 2. The third-order valence-corrected chi connectivity index (χ3v) is 5.32. The monoisotopic (exact) mass is 250 g/mol. The molecule has 1 aliphatic heterocycles. The fraction of sp³-hybridized carbons (Fsp3) is 0.933. The molecule has 18 heavy (non-hydrogen) atoms. The summed E-state index contributed by atoms with van der Waals surface area (Å²) in [5.74, 6) is 1.95. The van der Waals surface area contributed by atoms with Crippen LogP contribution in [0.4, 0.5) is 0 Å². The predicted octanol–water partition coefficient (Wildman–Crippen LogP) is 2.29. The molecule has 3 rings (SSSR count). The highest BCUT2D eigenvalue weighted by atomic mass is 16.2. The summed E-state index contributed by atoms with van der Waals surface area (Å²) >= 11 is 0. The molecule has 1 heterocycles. The van der Waals surface area contributed by atoms with E-state index in [1.165, 1.54) is 38.5 Å². The summed E-state index contributed by atoms with van der Waals surface area (Å²) in [6, 6.07) is 0.984. The molecule has 2 N–H and O–H groups in total. The van der Waals surface area contributed by atoms with Crippen LogP contribution in [0.5, 0.6) is 0 Å². The molecule has 3 fully saturated rings. The highest BCUT2D eigenvalue weighted by Crippen LogP contribution is 2.38. The Morgan fingerprint density at radius 1 is 1.17 bits per heavy atom.